The highest BCUT2D eigenvalue weighted by atomic mass is 35.5. The molecule has 0 unspecified atom stereocenters. The summed E-state index contributed by atoms with van der Waals surface area (Å²) in [6, 6.07) is 11.7. The molecule has 12 nitrogen and oxygen atoms in total. The average molecular weight is 780 g/mol. The molecule has 2 aliphatic carbocycles. The van der Waals surface area contributed by atoms with E-state index in [0.29, 0.717) is 79.5 Å². The first kappa shape index (κ1) is 38.3. The van der Waals surface area contributed by atoms with Crippen molar-refractivity contribution in [1.29, 1.82) is 0 Å². The summed E-state index contributed by atoms with van der Waals surface area (Å²) in [6.45, 7) is 0.966. The number of halogens is 4. The van der Waals surface area contributed by atoms with Crippen LogP contribution in [0.4, 0.5) is 19.0 Å². The van der Waals surface area contributed by atoms with Crippen molar-refractivity contribution in [2.45, 2.75) is 81.8 Å². The van der Waals surface area contributed by atoms with Gasteiger partial charge in [-0.2, -0.15) is 18.2 Å². The van der Waals surface area contributed by atoms with Crippen molar-refractivity contribution < 1.29 is 37.3 Å². The number of rotatable bonds is 14. The number of ether oxygens (including phenoxy) is 2. The summed E-state index contributed by atoms with van der Waals surface area (Å²) in [5.41, 5.74) is 3.03. The van der Waals surface area contributed by atoms with Crippen LogP contribution in [-0.4, -0.2) is 64.3 Å². The molecule has 4 aromatic rings. The molecule has 0 radical (unpaired) electrons. The number of hydrogen-bond donors (Lipinski definition) is 5. The minimum atomic E-state index is -4.75. The Morgan fingerprint density at radius 1 is 1.02 bits per heavy atom. The van der Waals surface area contributed by atoms with E-state index in [1.165, 1.54) is 7.11 Å². The topological polar surface area (TPSA) is 160 Å². The van der Waals surface area contributed by atoms with Crippen LogP contribution in [0.15, 0.2) is 48.7 Å². The van der Waals surface area contributed by atoms with Crippen molar-refractivity contribution in [3.63, 3.8) is 0 Å². The highest BCUT2D eigenvalue weighted by Gasteiger charge is 2.50. The fraction of sp³-hybridized carbons (Fsp3) is 0.410. The van der Waals surface area contributed by atoms with Crippen LogP contribution in [0.1, 0.15) is 72.4 Å². The highest BCUT2D eigenvalue weighted by molar-refractivity contribution is 6.35. The molecule has 1 aromatic carbocycles. The lowest BCUT2D eigenvalue weighted by molar-refractivity contribution is -0.141. The van der Waals surface area contributed by atoms with Gasteiger partial charge in [-0.1, -0.05) is 35.9 Å². The smallest absolute Gasteiger partial charge is 0.419 e. The number of amides is 1. The summed E-state index contributed by atoms with van der Waals surface area (Å²) < 4.78 is 54.7. The molecule has 0 bridgehead atoms. The first-order chi connectivity index (χ1) is 26.4. The van der Waals surface area contributed by atoms with Gasteiger partial charge in [0.25, 0.3) is 0 Å². The van der Waals surface area contributed by atoms with Gasteiger partial charge in [-0.15, -0.1) is 0 Å². The number of fused-ring (bicyclic) bond motifs is 1. The van der Waals surface area contributed by atoms with E-state index in [9.17, 15) is 27.9 Å². The number of alkyl halides is 3. The van der Waals surface area contributed by atoms with E-state index in [1.807, 2.05) is 30.3 Å². The number of hydrogen-bond acceptors (Lipinski definition) is 10. The molecule has 7 rings (SSSR count). The number of carboxylic acids is 1. The van der Waals surface area contributed by atoms with Crippen molar-refractivity contribution in [2.75, 3.05) is 26.1 Å². The number of carbonyl (C=O) groups excluding carboxylic acids is 1. The number of methoxy groups -OCH3 is 2. The normalized spacial score (nSPS) is 18.7. The zero-order valence-electron chi connectivity index (χ0n) is 30.3. The maximum Gasteiger partial charge on any atom is 0.419 e. The maximum absolute atomic E-state index is 14.5. The lowest BCUT2D eigenvalue weighted by Gasteiger charge is -2.30. The Hall–Kier alpha value is -4.99. The summed E-state index contributed by atoms with van der Waals surface area (Å²) in [6.07, 6.45) is 0.882. The summed E-state index contributed by atoms with van der Waals surface area (Å²) >= 11 is 7.09. The molecule has 2 fully saturated rings. The second kappa shape index (κ2) is 15.6. The molecular weight excluding hydrogens is 739 g/mol. The average Bonchev–Trinajstić information content (AvgIpc) is 3.86. The van der Waals surface area contributed by atoms with Crippen molar-refractivity contribution in [2.24, 2.45) is 0 Å². The number of benzene rings is 1. The fourth-order valence-corrected chi connectivity index (χ4v) is 7.69. The Morgan fingerprint density at radius 2 is 1.80 bits per heavy atom. The number of anilines is 1. The molecule has 1 saturated carbocycles. The van der Waals surface area contributed by atoms with Crippen LogP contribution in [0.3, 0.4) is 0 Å². The number of carbonyl (C=O) groups is 2. The van der Waals surface area contributed by atoms with Gasteiger partial charge in [-0.3, -0.25) is 19.9 Å². The van der Waals surface area contributed by atoms with Gasteiger partial charge in [0.1, 0.15) is 11.4 Å². The summed E-state index contributed by atoms with van der Waals surface area (Å²) in [7, 11) is 2.87. The molecule has 3 aromatic heterocycles. The molecule has 1 amide bonds. The standard InChI is InChI=1S/C39H41ClF3N7O5/c1-54-35-21(18-44-20-23-10-12-31(51)47-23)9-11-30(49-35)27-13-16-45-33(32(27)40)26-7-3-6-25-24(26)5-4-8-29(25)48-34-28(39(41,42)43)17-22(36(50-34)55-2)19-46-38(14-15-38)37(52)53/h3,6-7,9,11,13,16-17,23,29,44,46H,4-5,8,10,12,14-15,18-20H2,1-2H3,(H,47,51)(H,48,50)(H,52,53)/t23-,29-/m1/s1. The molecule has 2 atom stereocenters. The van der Waals surface area contributed by atoms with Gasteiger partial charge in [0.05, 0.1) is 42.2 Å². The zero-order valence-corrected chi connectivity index (χ0v) is 31.0. The molecule has 3 aliphatic rings. The SMILES string of the molecule is COc1nc(-c2ccnc(-c3cccc4c3CCC[C@H]4Nc3nc(OC)c(CNC4(C(=O)O)CC4)cc3C(F)(F)F)c2Cl)ccc1CNC[C@H]1CCC(=O)N1. The van der Waals surface area contributed by atoms with Gasteiger partial charge in [-0.05, 0) is 67.9 Å². The monoisotopic (exact) mass is 779 g/mol. The van der Waals surface area contributed by atoms with E-state index in [2.05, 4.69) is 31.2 Å². The van der Waals surface area contributed by atoms with Gasteiger partial charge in [-0.25, -0.2) is 4.98 Å². The van der Waals surface area contributed by atoms with Gasteiger partial charge in [0, 0.05) is 60.5 Å². The predicted octanol–water partition coefficient (Wildman–Crippen LogP) is 6.46. The Kier molecular flexibility index (Phi) is 10.9. The minimum absolute atomic E-state index is 0.0321. The predicted molar refractivity (Wildman–Crippen MR) is 199 cm³/mol. The lowest BCUT2D eigenvalue weighted by Crippen LogP contribution is -2.38. The van der Waals surface area contributed by atoms with Crippen LogP contribution in [0, 0.1) is 0 Å². The Morgan fingerprint density at radius 3 is 2.49 bits per heavy atom. The molecule has 1 saturated heterocycles. The maximum atomic E-state index is 14.5. The van der Waals surface area contributed by atoms with E-state index < -0.39 is 29.3 Å². The summed E-state index contributed by atoms with van der Waals surface area (Å²) in [5, 5.41) is 22.1. The number of aromatic nitrogens is 3. The number of pyridine rings is 3. The van der Waals surface area contributed by atoms with E-state index in [0.717, 1.165) is 34.7 Å². The molecule has 290 valence electrons. The molecular formula is C39H41ClF3N7O5. The minimum Gasteiger partial charge on any atom is -0.481 e. The number of aliphatic carboxylic acids is 1. The van der Waals surface area contributed by atoms with Crippen molar-refractivity contribution >= 4 is 29.3 Å². The number of carboxylic acid groups (broad SMARTS) is 1. The molecule has 55 heavy (non-hydrogen) atoms. The van der Waals surface area contributed by atoms with Gasteiger partial charge >= 0.3 is 12.1 Å². The van der Waals surface area contributed by atoms with E-state index in [4.69, 9.17) is 26.1 Å². The van der Waals surface area contributed by atoms with E-state index in [1.54, 1.807) is 19.4 Å². The van der Waals surface area contributed by atoms with Crippen molar-refractivity contribution in [3.8, 4) is 34.3 Å². The zero-order chi connectivity index (χ0) is 38.9. The molecule has 16 heteroatoms. The molecule has 4 heterocycles. The Bertz CT molecular complexity index is 2110. The molecule has 0 spiro atoms. The Balaban J connectivity index is 1.15. The fourth-order valence-electron chi connectivity index (χ4n) is 7.38. The van der Waals surface area contributed by atoms with Gasteiger partial charge < -0.3 is 30.5 Å². The van der Waals surface area contributed by atoms with Crippen LogP contribution < -0.4 is 30.7 Å². The van der Waals surface area contributed by atoms with Crippen LogP contribution in [-0.2, 0) is 35.3 Å². The van der Waals surface area contributed by atoms with Crippen molar-refractivity contribution in [1.82, 2.24) is 30.9 Å². The van der Waals surface area contributed by atoms with E-state index in [-0.39, 0.29) is 35.8 Å². The van der Waals surface area contributed by atoms with Crippen molar-refractivity contribution in [3.05, 3.63) is 81.5 Å². The van der Waals surface area contributed by atoms with E-state index >= 15 is 0 Å². The highest BCUT2D eigenvalue weighted by Crippen LogP contribution is 2.44. The lowest BCUT2D eigenvalue weighted by atomic mass is 9.83. The third-order valence-electron chi connectivity index (χ3n) is 10.5. The number of nitrogens with one attached hydrogen (secondary N) is 4. The Labute approximate surface area is 320 Å². The van der Waals surface area contributed by atoms with Crippen LogP contribution in [0.5, 0.6) is 11.8 Å². The summed E-state index contributed by atoms with van der Waals surface area (Å²) in [4.78, 5) is 36.9. The second-order valence-electron chi connectivity index (χ2n) is 14.1. The second-order valence-corrected chi connectivity index (χ2v) is 14.5. The third-order valence-corrected chi connectivity index (χ3v) is 10.9. The molecule has 5 N–H and O–H groups in total. The van der Waals surface area contributed by atoms with Gasteiger partial charge in [0.15, 0.2) is 0 Å². The largest absolute Gasteiger partial charge is 0.481 e. The third kappa shape index (κ3) is 8.05. The van der Waals surface area contributed by atoms with Crippen LogP contribution in [0.25, 0.3) is 22.5 Å². The van der Waals surface area contributed by atoms with Crippen LogP contribution >= 0.6 is 11.6 Å². The number of nitrogens with zero attached hydrogens (tertiary/aromatic N) is 3. The molecule has 1 aliphatic heterocycles. The van der Waals surface area contributed by atoms with Crippen LogP contribution in [0.2, 0.25) is 5.02 Å². The summed E-state index contributed by atoms with van der Waals surface area (Å²) in [5.74, 6) is -0.960. The first-order valence-corrected chi connectivity index (χ1v) is 18.5. The first-order valence-electron chi connectivity index (χ1n) is 18.1. The van der Waals surface area contributed by atoms with Gasteiger partial charge in [0.2, 0.25) is 17.7 Å². The quantitative estimate of drug-likeness (QED) is 0.0957.